The number of benzene rings is 1. The van der Waals surface area contributed by atoms with Crippen molar-refractivity contribution in [2.75, 3.05) is 12.4 Å². The fourth-order valence-electron chi connectivity index (χ4n) is 1.19. The summed E-state index contributed by atoms with van der Waals surface area (Å²) in [5.74, 6) is -1.47. The zero-order chi connectivity index (χ0) is 13.0. The van der Waals surface area contributed by atoms with E-state index in [1.54, 1.807) is 6.07 Å². The quantitative estimate of drug-likeness (QED) is 0.835. The Balaban J connectivity index is 2.97. The van der Waals surface area contributed by atoms with Crippen molar-refractivity contribution >= 4 is 45.1 Å². The fourth-order valence-corrected chi connectivity index (χ4v) is 2.16. The Bertz CT molecular complexity index is 464. The maximum Gasteiger partial charge on any atom is 0.312 e. The summed E-state index contributed by atoms with van der Waals surface area (Å²) in [4.78, 5) is 21.7. The predicted octanol–water partition coefficient (Wildman–Crippen LogP) is 2.52. The van der Waals surface area contributed by atoms with Gasteiger partial charge in [0.1, 0.15) is 6.42 Å². The molecule has 1 aromatic carbocycles. The average molecular weight is 323 g/mol. The predicted molar refractivity (Wildman–Crippen MR) is 66.6 cm³/mol. The number of halogens is 2. The van der Waals surface area contributed by atoms with E-state index in [4.69, 9.17) is 21.4 Å². The molecule has 0 atom stereocenters. The second kappa shape index (κ2) is 5.88. The molecule has 1 amide bonds. The normalized spacial score (nSPS) is 9.82. The van der Waals surface area contributed by atoms with Crippen LogP contribution in [0, 0.1) is 0 Å². The first-order chi connectivity index (χ1) is 7.93. The summed E-state index contributed by atoms with van der Waals surface area (Å²) >= 11 is 9.04. The van der Waals surface area contributed by atoms with Gasteiger partial charge in [-0.3, -0.25) is 9.59 Å². The lowest BCUT2D eigenvalue weighted by molar-refractivity contribution is -0.139. The Labute approximate surface area is 111 Å². The van der Waals surface area contributed by atoms with Crippen molar-refractivity contribution in [3.63, 3.8) is 0 Å². The average Bonchev–Trinajstić information content (AvgIpc) is 2.15. The molecule has 0 saturated carbocycles. The molecule has 0 aromatic heterocycles. The third-order valence-corrected chi connectivity index (χ3v) is 2.61. The highest BCUT2D eigenvalue weighted by molar-refractivity contribution is 9.10. The van der Waals surface area contributed by atoms with Crippen molar-refractivity contribution in [3.05, 3.63) is 21.6 Å². The Hall–Kier alpha value is -1.27. The van der Waals surface area contributed by atoms with Crippen LogP contribution in [-0.2, 0) is 9.59 Å². The molecule has 0 aliphatic heterocycles. The van der Waals surface area contributed by atoms with E-state index < -0.39 is 18.3 Å². The number of methoxy groups -OCH3 is 1. The highest BCUT2D eigenvalue weighted by Crippen LogP contribution is 2.36. The third kappa shape index (κ3) is 3.90. The molecule has 1 aromatic rings. The number of nitrogens with one attached hydrogen (secondary N) is 1. The van der Waals surface area contributed by atoms with Gasteiger partial charge in [0.15, 0.2) is 5.75 Å². The van der Waals surface area contributed by atoms with E-state index in [-0.39, 0.29) is 0 Å². The van der Waals surface area contributed by atoms with E-state index >= 15 is 0 Å². The molecule has 17 heavy (non-hydrogen) atoms. The number of rotatable bonds is 4. The standard InChI is InChI=1S/C10H9BrClNO4/c1-17-10-6(11)2-5(12)3-7(10)13-8(14)4-9(15)16/h2-3H,4H2,1H3,(H,13,14)(H,15,16). The first-order valence-electron chi connectivity index (χ1n) is 4.48. The van der Waals surface area contributed by atoms with Crippen molar-refractivity contribution in [2.24, 2.45) is 0 Å². The molecule has 7 heteroatoms. The molecule has 0 spiro atoms. The molecule has 1 rings (SSSR count). The molecular formula is C10H9BrClNO4. The molecule has 0 heterocycles. The van der Waals surface area contributed by atoms with Crippen LogP contribution in [0.2, 0.25) is 5.02 Å². The van der Waals surface area contributed by atoms with Crippen LogP contribution in [0.25, 0.3) is 0 Å². The zero-order valence-electron chi connectivity index (χ0n) is 8.79. The van der Waals surface area contributed by atoms with Crippen molar-refractivity contribution in [1.29, 1.82) is 0 Å². The number of hydrogen-bond donors (Lipinski definition) is 2. The van der Waals surface area contributed by atoms with Crippen molar-refractivity contribution in [1.82, 2.24) is 0 Å². The monoisotopic (exact) mass is 321 g/mol. The van der Waals surface area contributed by atoms with Crippen molar-refractivity contribution < 1.29 is 19.4 Å². The number of aliphatic carboxylic acids is 1. The van der Waals surface area contributed by atoms with E-state index in [0.29, 0.717) is 20.9 Å². The first kappa shape index (κ1) is 13.8. The van der Waals surface area contributed by atoms with Crippen molar-refractivity contribution in [2.45, 2.75) is 6.42 Å². The lowest BCUT2D eigenvalue weighted by atomic mass is 10.2. The number of carbonyl (C=O) groups is 2. The highest BCUT2D eigenvalue weighted by Gasteiger charge is 2.14. The molecule has 92 valence electrons. The van der Waals surface area contributed by atoms with Gasteiger partial charge in [-0.1, -0.05) is 11.6 Å². The maximum absolute atomic E-state index is 11.3. The summed E-state index contributed by atoms with van der Waals surface area (Å²) in [5, 5.41) is 11.3. The summed E-state index contributed by atoms with van der Waals surface area (Å²) in [6.07, 6.45) is -0.618. The summed E-state index contributed by atoms with van der Waals surface area (Å²) in [5.41, 5.74) is 0.318. The lowest BCUT2D eigenvalue weighted by Gasteiger charge is -2.11. The van der Waals surface area contributed by atoms with Crippen LogP contribution in [0.15, 0.2) is 16.6 Å². The van der Waals surface area contributed by atoms with E-state index in [0.717, 1.165) is 0 Å². The van der Waals surface area contributed by atoms with E-state index in [1.165, 1.54) is 13.2 Å². The minimum Gasteiger partial charge on any atom is -0.493 e. The van der Waals surface area contributed by atoms with Crippen LogP contribution in [0.5, 0.6) is 5.75 Å². The first-order valence-corrected chi connectivity index (χ1v) is 5.65. The van der Waals surface area contributed by atoms with E-state index in [1.807, 2.05) is 0 Å². The highest BCUT2D eigenvalue weighted by atomic mass is 79.9. The molecule has 5 nitrogen and oxygen atoms in total. The van der Waals surface area contributed by atoms with Gasteiger partial charge in [0, 0.05) is 5.02 Å². The van der Waals surface area contributed by atoms with Gasteiger partial charge in [0.05, 0.1) is 17.3 Å². The second-order valence-electron chi connectivity index (χ2n) is 3.09. The Morgan fingerprint density at radius 1 is 1.53 bits per heavy atom. The molecule has 0 bridgehead atoms. The van der Waals surface area contributed by atoms with Crippen LogP contribution in [0.4, 0.5) is 5.69 Å². The number of hydrogen-bond acceptors (Lipinski definition) is 3. The molecule has 0 aliphatic rings. The zero-order valence-corrected chi connectivity index (χ0v) is 11.1. The van der Waals surface area contributed by atoms with Gasteiger partial charge < -0.3 is 15.2 Å². The van der Waals surface area contributed by atoms with Crippen LogP contribution < -0.4 is 10.1 Å². The van der Waals surface area contributed by atoms with Gasteiger partial charge in [0.25, 0.3) is 0 Å². The van der Waals surface area contributed by atoms with Gasteiger partial charge in [-0.05, 0) is 28.1 Å². The number of ether oxygens (including phenoxy) is 1. The summed E-state index contributed by atoms with van der Waals surface area (Å²) in [6.45, 7) is 0. The topological polar surface area (TPSA) is 75.6 Å². The number of carboxylic acid groups (broad SMARTS) is 1. The Kier molecular flexibility index (Phi) is 4.77. The largest absolute Gasteiger partial charge is 0.493 e. The fraction of sp³-hybridized carbons (Fsp3) is 0.200. The number of carbonyl (C=O) groups excluding carboxylic acids is 1. The molecule has 0 fully saturated rings. The lowest BCUT2D eigenvalue weighted by Crippen LogP contribution is -2.16. The Morgan fingerprint density at radius 2 is 2.18 bits per heavy atom. The van der Waals surface area contributed by atoms with Crippen LogP contribution in [0.3, 0.4) is 0 Å². The number of amides is 1. The van der Waals surface area contributed by atoms with Gasteiger partial charge >= 0.3 is 5.97 Å². The number of anilines is 1. The molecule has 0 unspecified atom stereocenters. The van der Waals surface area contributed by atoms with Gasteiger partial charge in [-0.2, -0.15) is 0 Å². The molecule has 0 aliphatic carbocycles. The van der Waals surface area contributed by atoms with Gasteiger partial charge in [-0.25, -0.2) is 0 Å². The Morgan fingerprint density at radius 3 is 2.71 bits per heavy atom. The van der Waals surface area contributed by atoms with E-state index in [9.17, 15) is 9.59 Å². The van der Waals surface area contributed by atoms with Crippen LogP contribution >= 0.6 is 27.5 Å². The SMILES string of the molecule is COc1c(Br)cc(Cl)cc1NC(=O)CC(=O)O. The van der Waals surface area contributed by atoms with Gasteiger partial charge in [-0.15, -0.1) is 0 Å². The number of carboxylic acids is 1. The second-order valence-corrected chi connectivity index (χ2v) is 4.38. The molecule has 2 N–H and O–H groups in total. The summed E-state index contributed by atoms with van der Waals surface area (Å²) < 4.78 is 5.64. The summed E-state index contributed by atoms with van der Waals surface area (Å²) in [7, 11) is 1.43. The van der Waals surface area contributed by atoms with Crippen LogP contribution in [0.1, 0.15) is 6.42 Å². The summed E-state index contributed by atoms with van der Waals surface area (Å²) in [6, 6.07) is 3.08. The smallest absolute Gasteiger partial charge is 0.312 e. The molecule has 0 radical (unpaired) electrons. The van der Waals surface area contributed by atoms with Crippen LogP contribution in [-0.4, -0.2) is 24.1 Å². The van der Waals surface area contributed by atoms with Crippen molar-refractivity contribution in [3.8, 4) is 5.75 Å². The minimum absolute atomic E-state index is 0.318. The van der Waals surface area contributed by atoms with Gasteiger partial charge in [0.2, 0.25) is 5.91 Å². The molecular weight excluding hydrogens is 313 g/mol. The van der Waals surface area contributed by atoms with E-state index in [2.05, 4.69) is 21.2 Å². The third-order valence-electron chi connectivity index (χ3n) is 1.80. The maximum atomic E-state index is 11.3. The molecule has 0 saturated heterocycles. The minimum atomic E-state index is -1.21.